The van der Waals surface area contributed by atoms with Crippen LogP contribution in [0.5, 0.6) is 0 Å². The average Bonchev–Trinajstić information content (AvgIpc) is 2.76. The van der Waals surface area contributed by atoms with Gasteiger partial charge in [0.2, 0.25) is 0 Å². The number of carbonyl (C=O) groups is 1. The Bertz CT molecular complexity index is 990. The van der Waals surface area contributed by atoms with Gasteiger partial charge in [0.05, 0.1) is 11.3 Å². The van der Waals surface area contributed by atoms with Crippen LogP contribution in [-0.4, -0.2) is 39.9 Å². The van der Waals surface area contributed by atoms with Crippen molar-refractivity contribution in [2.45, 2.75) is 25.4 Å². The molecular formula is C23H24ClN5O. The number of rotatable bonds is 6. The van der Waals surface area contributed by atoms with Crippen LogP contribution < -0.4 is 10.6 Å². The molecule has 1 aliphatic heterocycles. The molecule has 1 aromatic carbocycles. The van der Waals surface area contributed by atoms with Crippen molar-refractivity contribution in [1.82, 2.24) is 14.9 Å². The van der Waals surface area contributed by atoms with Gasteiger partial charge in [-0.3, -0.25) is 14.7 Å². The van der Waals surface area contributed by atoms with E-state index in [1.165, 1.54) is 0 Å². The molecule has 0 radical (unpaired) electrons. The molecule has 1 aliphatic rings. The number of hydrogen-bond acceptors (Lipinski definition) is 5. The fraction of sp³-hybridized carbons (Fsp3) is 0.261. The number of carbonyl (C=O) groups excluding carboxylic acids is 1. The molecule has 2 aromatic heterocycles. The Morgan fingerprint density at radius 2 is 1.87 bits per heavy atom. The Hall–Kier alpha value is -2.96. The van der Waals surface area contributed by atoms with Crippen LogP contribution >= 0.6 is 11.6 Å². The maximum absolute atomic E-state index is 12.8. The van der Waals surface area contributed by atoms with Crippen molar-refractivity contribution in [2.24, 2.45) is 0 Å². The average molecular weight is 422 g/mol. The van der Waals surface area contributed by atoms with Crippen LogP contribution in [0.25, 0.3) is 0 Å². The van der Waals surface area contributed by atoms with E-state index in [0.29, 0.717) is 22.1 Å². The second kappa shape index (κ2) is 9.69. The molecule has 0 saturated carbocycles. The zero-order chi connectivity index (χ0) is 20.8. The van der Waals surface area contributed by atoms with Gasteiger partial charge in [-0.25, -0.2) is 4.98 Å². The van der Waals surface area contributed by atoms with Gasteiger partial charge in [-0.2, -0.15) is 0 Å². The summed E-state index contributed by atoms with van der Waals surface area (Å²) in [6.07, 6.45) is 5.51. The summed E-state index contributed by atoms with van der Waals surface area (Å²) in [6, 6.07) is 17.0. The maximum Gasteiger partial charge on any atom is 0.259 e. The molecule has 0 unspecified atom stereocenters. The van der Waals surface area contributed by atoms with Gasteiger partial charge in [0, 0.05) is 48.8 Å². The predicted octanol–water partition coefficient (Wildman–Crippen LogP) is 4.46. The number of halogens is 1. The molecule has 0 aliphatic carbocycles. The van der Waals surface area contributed by atoms with E-state index in [-0.39, 0.29) is 11.9 Å². The maximum atomic E-state index is 12.8. The number of nitrogens with zero attached hydrogens (tertiary/aromatic N) is 3. The third kappa shape index (κ3) is 5.34. The van der Waals surface area contributed by atoms with Crippen molar-refractivity contribution in [3.8, 4) is 0 Å². The first-order chi connectivity index (χ1) is 14.7. The van der Waals surface area contributed by atoms with Crippen molar-refractivity contribution < 1.29 is 4.79 Å². The SMILES string of the molecule is O=C(Nc1cccc(Cl)c1)c1cccnc1NC1CCN(Cc2ccccn2)CC1. The van der Waals surface area contributed by atoms with Crippen molar-refractivity contribution in [3.63, 3.8) is 0 Å². The zero-order valence-electron chi connectivity index (χ0n) is 16.6. The fourth-order valence-corrected chi connectivity index (χ4v) is 3.81. The van der Waals surface area contributed by atoms with Gasteiger partial charge in [0.15, 0.2) is 0 Å². The number of anilines is 2. The van der Waals surface area contributed by atoms with Crippen molar-refractivity contribution in [2.75, 3.05) is 23.7 Å². The first kappa shape index (κ1) is 20.3. The molecular weight excluding hydrogens is 398 g/mol. The molecule has 3 heterocycles. The minimum absolute atomic E-state index is 0.208. The number of amides is 1. The topological polar surface area (TPSA) is 70.2 Å². The summed E-state index contributed by atoms with van der Waals surface area (Å²) in [5.41, 5.74) is 2.27. The largest absolute Gasteiger partial charge is 0.367 e. The normalized spacial score (nSPS) is 15.0. The fourth-order valence-electron chi connectivity index (χ4n) is 3.62. The Labute approximate surface area is 181 Å². The number of nitrogens with one attached hydrogen (secondary N) is 2. The molecule has 4 rings (SSSR count). The van der Waals surface area contributed by atoms with E-state index in [0.717, 1.165) is 38.2 Å². The summed E-state index contributed by atoms with van der Waals surface area (Å²) in [4.78, 5) is 24.0. The standard InChI is InChI=1S/C23H24ClN5O/c24-17-5-3-7-19(15-17)28-23(30)21-8-4-12-26-22(21)27-18-9-13-29(14-10-18)16-20-6-1-2-11-25-20/h1-8,11-12,15,18H,9-10,13-14,16H2,(H,26,27)(H,28,30). The summed E-state index contributed by atoms with van der Waals surface area (Å²) in [5, 5.41) is 6.94. The lowest BCUT2D eigenvalue weighted by Gasteiger charge is -2.32. The molecule has 2 N–H and O–H groups in total. The monoisotopic (exact) mass is 421 g/mol. The van der Waals surface area contributed by atoms with Gasteiger partial charge in [0.25, 0.3) is 5.91 Å². The summed E-state index contributed by atoms with van der Waals surface area (Å²) < 4.78 is 0. The molecule has 0 spiro atoms. The number of pyridine rings is 2. The minimum atomic E-state index is -0.208. The van der Waals surface area contributed by atoms with Crippen LogP contribution in [0.15, 0.2) is 67.0 Å². The summed E-state index contributed by atoms with van der Waals surface area (Å²) >= 11 is 6.01. The van der Waals surface area contributed by atoms with E-state index in [2.05, 4.69) is 31.6 Å². The van der Waals surface area contributed by atoms with Crippen LogP contribution in [0.3, 0.4) is 0 Å². The van der Waals surface area contributed by atoms with Crippen LogP contribution in [0.2, 0.25) is 5.02 Å². The molecule has 0 bridgehead atoms. The molecule has 154 valence electrons. The number of benzene rings is 1. The van der Waals surface area contributed by atoms with Crippen molar-refractivity contribution in [1.29, 1.82) is 0 Å². The molecule has 7 heteroatoms. The highest BCUT2D eigenvalue weighted by atomic mass is 35.5. The lowest BCUT2D eigenvalue weighted by Crippen LogP contribution is -2.39. The molecule has 1 amide bonds. The van der Waals surface area contributed by atoms with E-state index in [1.54, 1.807) is 36.5 Å². The number of likely N-dealkylation sites (tertiary alicyclic amines) is 1. The lowest BCUT2D eigenvalue weighted by molar-refractivity contribution is 0.102. The Kier molecular flexibility index (Phi) is 6.57. The molecule has 1 saturated heterocycles. The number of aromatic nitrogens is 2. The smallest absolute Gasteiger partial charge is 0.259 e. The molecule has 6 nitrogen and oxygen atoms in total. The van der Waals surface area contributed by atoms with Crippen LogP contribution in [0.4, 0.5) is 11.5 Å². The quantitative estimate of drug-likeness (QED) is 0.615. The highest BCUT2D eigenvalue weighted by Crippen LogP contribution is 2.21. The van der Waals surface area contributed by atoms with Gasteiger partial charge in [-0.15, -0.1) is 0 Å². The van der Waals surface area contributed by atoms with Crippen LogP contribution in [-0.2, 0) is 6.54 Å². The summed E-state index contributed by atoms with van der Waals surface area (Å²) in [7, 11) is 0. The minimum Gasteiger partial charge on any atom is -0.367 e. The molecule has 3 aromatic rings. The highest BCUT2D eigenvalue weighted by molar-refractivity contribution is 6.31. The van der Waals surface area contributed by atoms with Crippen molar-refractivity contribution >= 4 is 29.0 Å². The third-order valence-corrected chi connectivity index (χ3v) is 5.41. The van der Waals surface area contributed by atoms with E-state index in [1.807, 2.05) is 24.4 Å². The van der Waals surface area contributed by atoms with Crippen molar-refractivity contribution in [3.05, 3.63) is 83.3 Å². The second-order valence-corrected chi connectivity index (χ2v) is 7.82. The van der Waals surface area contributed by atoms with Gasteiger partial charge < -0.3 is 10.6 Å². The van der Waals surface area contributed by atoms with E-state index in [4.69, 9.17) is 11.6 Å². The molecule has 0 atom stereocenters. The van der Waals surface area contributed by atoms with Gasteiger partial charge in [-0.05, 0) is 55.3 Å². The number of piperidine rings is 1. The highest BCUT2D eigenvalue weighted by Gasteiger charge is 2.22. The van der Waals surface area contributed by atoms with Crippen LogP contribution in [0.1, 0.15) is 28.9 Å². The van der Waals surface area contributed by atoms with Gasteiger partial charge in [0.1, 0.15) is 5.82 Å². The first-order valence-electron chi connectivity index (χ1n) is 10.1. The summed E-state index contributed by atoms with van der Waals surface area (Å²) in [6.45, 7) is 2.82. The zero-order valence-corrected chi connectivity index (χ0v) is 17.3. The molecule has 30 heavy (non-hydrogen) atoms. The third-order valence-electron chi connectivity index (χ3n) is 5.17. The number of hydrogen-bond donors (Lipinski definition) is 2. The first-order valence-corrected chi connectivity index (χ1v) is 10.5. The van der Waals surface area contributed by atoms with Crippen LogP contribution in [0, 0.1) is 0 Å². The van der Waals surface area contributed by atoms with E-state index < -0.39 is 0 Å². The second-order valence-electron chi connectivity index (χ2n) is 7.38. The Balaban J connectivity index is 1.36. The predicted molar refractivity (Wildman–Crippen MR) is 120 cm³/mol. The molecule has 1 fully saturated rings. The Morgan fingerprint density at radius 1 is 1.03 bits per heavy atom. The van der Waals surface area contributed by atoms with E-state index in [9.17, 15) is 4.79 Å². The Morgan fingerprint density at radius 3 is 2.63 bits per heavy atom. The van der Waals surface area contributed by atoms with Gasteiger partial charge in [-0.1, -0.05) is 23.7 Å². The summed E-state index contributed by atoms with van der Waals surface area (Å²) in [5.74, 6) is 0.403. The lowest BCUT2D eigenvalue weighted by atomic mass is 10.0. The van der Waals surface area contributed by atoms with E-state index >= 15 is 0 Å². The van der Waals surface area contributed by atoms with Gasteiger partial charge >= 0.3 is 0 Å².